The van der Waals surface area contributed by atoms with E-state index < -0.39 is 40.8 Å². The van der Waals surface area contributed by atoms with Crippen LogP contribution in [-0.4, -0.2) is 28.9 Å². The van der Waals surface area contributed by atoms with E-state index in [4.69, 9.17) is 0 Å². The maximum atomic E-state index is 11.3. The van der Waals surface area contributed by atoms with Crippen LogP contribution in [0.5, 0.6) is 0 Å². The van der Waals surface area contributed by atoms with Gasteiger partial charge in [0.1, 0.15) is 23.4 Å². The summed E-state index contributed by atoms with van der Waals surface area (Å²) in [6, 6.07) is 0. The van der Waals surface area contributed by atoms with Crippen LogP contribution in [-0.2, 0) is 24.0 Å². The first kappa shape index (κ1) is 10.4. The second kappa shape index (κ2) is 3.25. The number of hydrogen-bond acceptors (Lipinski definition) is 5. The molecule has 1 aliphatic carbocycles. The Hall–Kier alpha value is -1.65. The van der Waals surface area contributed by atoms with Crippen LogP contribution in [0, 0.1) is 11.8 Å². The summed E-state index contributed by atoms with van der Waals surface area (Å²) >= 11 is 0. The maximum absolute atomic E-state index is 11.3. The normalized spacial score (nSPS) is 26.9. The molecule has 0 aliphatic heterocycles. The predicted octanol–water partition coefficient (Wildman–Crippen LogP) is -0.882. The van der Waals surface area contributed by atoms with E-state index in [2.05, 4.69) is 0 Å². The summed E-state index contributed by atoms with van der Waals surface area (Å²) in [4.78, 5) is 55.3. The first-order valence-electron chi connectivity index (χ1n) is 4.00. The molecule has 0 N–H and O–H groups in total. The lowest BCUT2D eigenvalue weighted by Crippen LogP contribution is -2.26. The predicted molar refractivity (Wildman–Crippen MR) is 43.4 cm³/mol. The van der Waals surface area contributed by atoms with Crippen LogP contribution in [0.4, 0.5) is 0 Å². The monoisotopic (exact) mass is 196 g/mol. The molecule has 1 fully saturated rings. The lowest BCUT2D eigenvalue weighted by Gasteiger charge is -2.00. The van der Waals surface area contributed by atoms with Crippen molar-refractivity contribution in [2.45, 2.75) is 13.8 Å². The van der Waals surface area contributed by atoms with E-state index >= 15 is 0 Å². The zero-order valence-electron chi connectivity index (χ0n) is 7.70. The molecule has 1 aliphatic rings. The van der Waals surface area contributed by atoms with Crippen molar-refractivity contribution in [1.82, 2.24) is 0 Å². The Kier molecular flexibility index (Phi) is 2.42. The number of Topliss-reactive ketones (excluding diaryl/α,β-unsaturated/α-hetero) is 5. The van der Waals surface area contributed by atoms with E-state index in [1.54, 1.807) is 0 Å². The molecule has 14 heavy (non-hydrogen) atoms. The van der Waals surface area contributed by atoms with Crippen LogP contribution in [0.2, 0.25) is 0 Å². The summed E-state index contributed by atoms with van der Waals surface area (Å²) in [6.45, 7) is 2.10. The third-order valence-electron chi connectivity index (χ3n) is 2.15. The summed E-state index contributed by atoms with van der Waals surface area (Å²) in [6.07, 6.45) is 0. The number of carbonyl (C=O) groups excluding carboxylic acids is 5. The van der Waals surface area contributed by atoms with Crippen LogP contribution in [0.25, 0.3) is 0 Å². The van der Waals surface area contributed by atoms with Gasteiger partial charge >= 0.3 is 0 Å². The van der Waals surface area contributed by atoms with E-state index in [9.17, 15) is 24.0 Å². The minimum absolute atomic E-state index is 0.683. The van der Waals surface area contributed by atoms with Crippen molar-refractivity contribution in [2.75, 3.05) is 0 Å². The Bertz CT molecular complexity index is 331. The third kappa shape index (κ3) is 1.30. The minimum Gasteiger partial charge on any atom is -0.299 e. The van der Waals surface area contributed by atoms with Crippen molar-refractivity contribution in [1.29, 1.82) is 0 Å². The average molecular weight is 196 g/mol. The molecule has 2 atom stereocenters. The van der Waals surface area contributed by atoms with Gasteiger partial charge in [-0.15, -0.1) is 0 Å². The fourth-order valence-corrected chi connectivity index (χ4v) is 1.48. The van der Waals surface area contributed by atoms with Crippen LogP contribution in [0.1, 0.15) is 13.8 Å². The first-order valence-corrected chi connectivity index (χ1v) is 4.00. The molecule has 0 bridgehead atoms. The highest BCUT2D eigenvalue weighted by atomic mass is 16.2. The zero-order valence-corrected chi connectivity index (χ0v) is 7.70. The molecule has 0 aromatic heterocycles. The van der Waals surface area contributed by atoms with Gasteiger partial charge in [0.05, 0.1) is 0 Å². The van der Waals surface area contributed by atoms with E-state index in [1.165, 1.54) is 0 Å². The molecule has 0 spiro atoms. The van der Waals surface area contributed by atoms with Gasteiger partial charge in [-0.3, -0.25) is 24.0 Å². The summed E-state index contributed by atoms with van der Waals surface area (Å²) in [5.41, 5.74) is 0. The Morgan fingerprint density at radius 3 is 1.29 bits per heavy atom. The topological polar surface area (TPSA) is 85.3 Å². The second-order valence-electron chi connectivity index (χ2n) is 3.22. The van der Waals surface area contributed by atoms with Gasteiger partial charge < -0.3 is 0 Å². The van der Waals surface area contributed by atoms with Gasteiger partial charge in [-0.1, -0.05) is 0 Å². The van der Waals surface area contributed by atoms with E-state index in [0.717, 1.165) is 13.8 Å². The summed E-state index contributed by atoms with van der Waals surface area (Å²) in [5.74, 6) is -7.44. The Balaban J connectivity index is 3.16. The van der Waals surface area contributed by atoms with Gasteiger partial charge in [0.2, 0.25) is 11.6 Å². The van der Waals surface area contributed by atoms with Gasteiger partial charge in [-0.25, -0.2) is 0 Å². The molecule has 5 nitrogen and oxygen atoms in total. The van der Waals surface area contributed by atoms with Crippen molar-refractivity contribution in [3.63, 3.8) is 0 Å². The molecule has 0 radical (unpaired) electrons. The molecule has 1 rings (SSSR count). The van der Waals surface area contributed by atoms with Crippen LogP contribution < -0.4 is 0 Å². The molecular formula is C9H8O5. The van der Waals surface area contributed by atoms with Gasteiger partial charge in [-0.05, 0) is 13.8 Å². The third-order valence-corrected chi connectivity index (χ3v) is 2.15. The zero-order chi connectivity index (χ0) is 11.0. The Labute approximate surface area is 79.5 Å². The van der Waals surface area contributed by atoms with Gasteiger partial charge in [0.15, 0.2) is 5.78 Å². The fourth-order valence-electron chi connectivity index (χ4n) is 1.48. The Morgan fingerprint density at radius 2 is 1.14 bits per heavy atom. The molecule has 0 heterocycles. The summed E-state index contributed by atoms with van der Waals surface area (Å²) in [7, 11) is 0. The molecule has 5 heteroatoms. The lowest BCUT2D eigenvalue weighted by atomic mass is 9.97. The van der Waals surface area contributed by atoms with E-state index in [-0.39, 0.29) is 0 Å². The van der Waals surface area contributed by atoms with Crippen molar-refractivity contribution in [2.24, 2.45) is 11.8 Å². The fraction of sp³-hybridized carbons (Fsp3) is 0.444. The maximum Gasteiger partial charge on any atom is 0.217 e. The number of ketones is 5. The minimum atomic E-state index is -1.55. The summed E-state index contributed by atoms with van der Waals surface area (Å²) < 4.78 is 0. The van der Waals surface area contributed by atoms with Crippen LogP contribution in [0.3, 0.4) is 0 Å². The highest BCUT2D eigenvalue weighted by molar-refractivity contribution is 6.58. The molecule has 0 aromatic carbocycles. The highest BCUT2D eigenvalue weighted by Gasteiger charge is 2.52. The molecule has 0 saturated heterocycles. The molecule has 1 saturated carbocycles. The summed E-state index contributed by atoms with van der Waals surface area (Å²) in [5, 5.41) is 0. The second-order valence-corrected chi connectivity index (χ2v) is 3.22. The standard InChI is InChI=1S/C9H8O5/c1-3(10)5-7(12)6(4(2)11)9(14)8(5)13/h5-6H,1-2H3. The van der Waals surface area contributed by atoms with Gasteiger partial charge in [0, 0.05) is 0 Å². The van der Waals surface area contributed by atoms with Crippen molar-refractivity contribution >= 4 is 28.9 Å². The van der Waals surface area contributed by atoms with E-state index in [0.29, 0.717) is 0 Å². The molecule has 2 unspecified atom stereocenters. The van der Waals surface area contributed by atoms with Crippen molar-refractivity contribution in [3.8, 4) is 0 Å². The molecule has 74 valence electrons. The Morgan fingerprint density at radius 1 is 0.857 bits per heavy atom. The first-order chi connectivity index (χ1) is 6.37. The highest BCUT2D eigenvalue weighted by Crippen LogP contribution is 2.22. The number of hydrogen-bond donors (Lipinski definition) is 0. The van der Waals surface area contributed by atoms with Gasteiger partial charge in [0.25, 0.3) is 0 Å². The lowest BCUT2D eigenvalue weighted by molar-refractivity contribution is -0.141. The largest absolute Gasteiger partial charge is 0.299 e. The molecule has 0 amide bonds. The smallest absolute Gasteiger partial charge is 0.217 e. The number of carbonyl (C=O) groups is 5. The quantitative estimate of drug-likeness (QED) is 0.422. The van der Waals surface area contributed by atoms with E-state index in [1.807, 2.05) is 0 Å². The average Bonchev–Trinajstić information content (AvgIpc) is 2.23. The van der Waals surface area contributed by atoms with Crippen LogP contribution >= 0.6 is 0 Å². The SMILES string of the molecule is CC(=O)C1C(=O)C(=O)C(C(C)=O)C1=O. The van der Waals surface area contributed by atoms with Crippen molar-refractivity contribution in [3.05, 3.63) is 0 Å². The van der Waals surface area contributed by atoms with Crippen LogP contribution in [0.15, 0.2) is 0 Å². The van der Waals surface area contributed by atoms with Crippen molar-refractivity contribution < 1.29 is 24.0 Å². The molecular weight excluding hydrogens is 188 g/mol. The van der Waals surface area contributed by atoms with Gasteiger partial charge in [-0.2, -0.15) is 0 Å². The number of rotatable bonds is 2. The molecule has 0 aromatic rings.